The molecule has 4 heteroatoms. The number of carbonyl (C=O) groups is 1. The molecule has 1 heterocycles. The van der Waals surface area contributed by atoms with E-state index in [0.29, 0.717) is 22.4 Å². The summed E-state index contributed by atoms with van der Waals surface area (Å²) in [5, 5.41) is 12.8. The van der Waals surface area contributed by atoms with Crippen molar-refractivity contribution in [2.24, 2.45) is 10.8 Å². The average molecular weight is 443 g/mol. The Morgan fingerprint density at radius 2 is 1.64 bits per heavy atom. The molecule has 3 aliphatic rings. The third-order valence-corrected chi connectivity index (χ3v) is 7.91. The van der Waals surface area contributed by atoms with Crippen LogP contribution in [0.3, 0.4) is 0 Å². The maximum absolute atomic E-state index is 13.1. The van der Waals surface area contributed by atoms with Gasteiger partial charge in [0.1, 0.15) is 5.75 Å². The molecule has 170 valence electrons. The average Bonchev–Trinajstić information content (AvgIpc) is 3.23. The Labute approximate surface area is 194 Å². The lowest BCUT2D eigenvalue weighted by Gasteiger charge is -2.51. The number of phenols is 1. The normalized spacial score (nSPS) is 20.9. The van der Waals surface area contributed by atoms with E-state index < -0.39 is 0 Å². The number of rotatable bonds is 1. The number of aromatic hydroxyl groups is 1. The fraction of sp³-hybridized carbons (Fsp3) is 0.414. The van der Waals surface area contributed by atoms with Crippen LogP contribution in [0.2, 0.25) is 0 Å². The largest absolute Gasteiger partial charge is 0.507 e. The van der Waals surface area contributed by atoms with Gasteiger partial charge in [0.25, 0.3) is 0 Å². The van der Waals surface area contributed by atoms with Crippen molar-refractivity contribution in [3.8, 4) is 28.4 Å². The van der Waals surface area contributed by atoms with Gasteiger partial charge in [-0.05, 0) is 64.5 Å². The van der Waals surface area contributed by atoms with Crippen LogP contribution in [-0.4, -0.2) is 24.6 Å². The van der Waals surface area contributed by atoms with Gasteiger partial charge in [-0.3, -0.25) is 4.79 Å². The standard InChI is InChI=1S/C29H30O4/c1-27(2)13-28(3,4)15-29(14-27)18-9-7-6-8-16(18)23-19(29)11-20(30)17-10-22(32-5)26-25(24(17)23)21(31)12-33-26/h6-11,30H,12-15H2,1-5H3. The monoisotopic (exact) mass is 442 g/mol. The van der Waals surface area contributed by atoms with E-state index in [1.807, 2.05) is 12.1 Å². The van der Waals surface area contributed by atoms with Crippen LogP contribution in [0, 0.1) is 10.8 Å². The third kappa shape index (κ3) is 2.67. The summed E-state index contributed by atoms with van der Waals surface area (Å²) >= 11 is 0. The van der Waals surface area contributed by atoms with Crippen molar-refractivity contribution in [1.29, 1.82) is 0 Å². The number of ketones is 1. The van der Waals surface area contributed by atoms with Gasteiger partial charge in [-0.2, -0.15) is 0 Å². The summed E-state index contributed by atoms with van der Waals surface area (Å²) in [6.45, 7) is 9.44. The highest BCUT2D eigenvalue weighted by Crippen LogP contribution is 2.65. The lowest BCUT2D eigenvalue weighted by Crippen LogP contribution is -2.43. The van der Waals surface area contributed by atoms with E-state index in [0.717, 1.165) is 41.3 Å². The van der Waals surface area contributed by atoms with Gasteiger partial charge in [-0.1, -0.05) is 52.0 Å². The van der Waals surface area contributed by atoms with Crippen molar-refractivity contribution < 1.29 is 19.4 Å². The summed E-state index contributed by atoms with van der Waals surface area (Å²) in [7, 11) is 1.56. The van der Waals surface area contributed by atoms with Gasteiger partial charge >= 0.3 is 0 Å². The van der Waals surface area contributed by atoms with Crippen LogP contribution in [0.15, 0.2) is 36.4 Å². The molecule has 0 saturated heterocycles. The fourth-order valence-electron chi connectivity index (χ4n) is 7.71. The lowest BCUT2D eigenvalue weighted by atomic mass is 9.52. The SMILES string of the molecule is COc1cc2c(O)cc3c(c2c2c1OCC2=O)-c1ccccc1C31CC(C)(C)CC(C)(C)C1. The number of carbonyl (C=O) groups excluding carboxylic acids is 1. The Morgan fingerprint density at radius 3 is 2.33 bits per heavy atom. The number of hydrogen-bond donors (Lipinski definition) is 1. The second-order valence-electron chi connectivity index (χ2n) is 11.7. The Kier molecular flexibility index (Phi) is 3.94. The molecular weight excluding hydrogens is 412 g/mol. The number of ether oxygens (including phenoxy) is 2. The zero-order valence-electron chi connectivity index (χ0n) is 20.0. The molecule has 0 bridgehead atoms. The predicted octanol–water partition coefficient (Wildman–Crippen LogP) is 6.63. The van der Waals surface area contributed by atoms with E-state index in [4.69, 9.17) is 9.47 Å². The molecule has 3 aromatic carbocycles. The molecule has 1 N–H and O–H groups in total. The zero-order valence-corrected chi connectivity index (χ0v) is 20.0. The van der Waals surface area contributed by atoms with Crippen LogP contribution in [-0.2, 0) is 5.41 Å². The quantitative estimate of drug-likeness (QED) is 0.459. The highest BCUT2D eigenvalue weighted by atomic mass is 16.5. The van der Waals surface area contributed by atoms with Gasteiger partial charge < -0.3 is 14.6 Å². The number of fused-ring (bicyclic) bond motifs is 9. The first-order chi connectivity index (χ1) is 15.6. The molecule has 0 radical (unpaired) electrons. The zero-order chi connectivity index (χ0) is 23.3. The summed E-state index contributed by atoms with van der Waals surface area (Å²) in [6.07, 6.45) is 3.15. The van der Waals surface area contributed by atoms with Crippen LogP contribution < -0.4 is 9.47 Å². The Bertz CT molecular complexity index is 1350. The molecular formula is C29H30O4. The van der Waals surface area contributed by atoms with Crippen molar-refractivity contribution in [3.05, 3.63) is 53.1 Å². The number of hydrogen-bond acceptors (Lipinski definition) is 4. The summed E-state index contributed by atoms with van der Waals surface area (Å²) in [5.41, 5.74) is 5.30. The highest BCUT2D eigenvalue weighted by Gasteiger charge is 2.54. The first kappa shape index (κ1) is 20.6. The molecule has 0 aromatic heterocycles. The molecule has 0 atom stereocenters. The molecule has 1 fully saturated rings. The second-order valence-corrected chi connectivity index (χ2v) is 11.7. The van der Waals surface area contributed by atoms with Crippen molar-refractivity contribution in [2.75, 3.05) is 13.7 Å². The highest BCUT2D eigenvalue weighted by molar-refractivity contribution is 6.20. The van der Waals surface area contributed by atoms with Crippen molar-refractivity contribution in [3.63, 3.8) is 0 Å². The van der Waals surface area contributed by atoms with Gasteiger partial charge in [0, 0.05) is 16.2 Å². The van der Waals surface area contributed by atoms with E-state index >= 15 is 0 Å². The van der Waals surface area contributed by atoms with E-state index in [9.17, 15) is 9.90 Å². The van der Waals surface area contributed by atoms with Crippen molar-refractivity contribution in [2.45, 2.75) is 52.4 Å². The first-order valence-corrected chi connectivity index (χ1v) is 11.7. The van der Waals surface area contributed by atoms with Crippen LogP contribution in [0.5, 0.6) is 17.2 Å². The topological polar surface area (TPSA) is 55.8 Å². The maximum Gasteiger partial charge on any atom is 0.204 e. The molecule has 1 aliphatic heterocycles. The molecule has 0 unspecified atom stereocenters. The van der Waals surface area contributed by atoms with Crippen LogP contribution in [0.25, 0.3) is 21.9 Å². The molecule has 4 nitrogen and oxygen atoms in total. The van der Waals surface area contributed by atoms with Gasteiger partial charge in [-0.15, -0.1) is 0 Å². The van der Waals surface area contributed by atoms with Gasteiger partial charge in [0.2, 0.25) is 5.78 Å². The summed E-state index contributed by atoms with van der Waals surface area (Å²) in [6, 6.07) is 12.4. The van der Waals surface area contributed by atoms with E-state index in [1.165, 1.54) is 5.56 Å². The number of phenolic OH excluding ortho intramolecular Hbond substituents is 1. The molecule has 0 amide bonds. The van der Waals surface area contributed by atoms with E-state index in [-0.39, 0.29) is 34.4 Å². The molecule has 6 rings (SSSR count). The van der Waals surface area contributed by atoms with E-state index in [2.05, 4.69) is 52.0 Å². The first-order valence-electron chi connectivity index (χ1n) is 11.7. The van der Waals surface area contributed by atoms with Gasteiger partial charge in [-0.25, -0.2) is 0 Å². The van der Waals surface area contributed by atoms with E-state index in [1.54, 1.807) is 7.11 Å². The Morgan fingerprint density at radius 1 is 0.939 bits per heavy atom. The maximum atomic E-state index is 13.1. The molecule has 1 saturated carbocycles. The minimum atomic E-state index is -0.210. The third-order valence-electron chi connectivity index (χ3n) is 7.91. The lowest BCUT2D eigenvalue weighted by molar-refractivity contribution is 0.0645. The second kappa shape index (κ2) is 6.31. The van der Waals surface area contributed by atoms with Gasteiger partial charge in [0.15, 0.2) is 18.1 Å². The fourth-order valence-corrected chi connectivity index (χ4v) is 7.71. The number of methoxy groups -OCH3 is 1. The minimum absolute atomic E-state index is 0.00207. The summed E-state index contributed by atoms with van der Waals surface area (Å²) in [5.74, 6) is 1.10. The molecule has 2 aliphatic carbocycles. The van der Waals surface area contributed by atoms with Gasteiger partial charge in [0.05, 0.1) is 12.7 Å². The van der Waals surface area contributed by atoms with Crippen molar-refractivity contribution >= 4 is 16.6 Å². The predicted molar refractivity (Wildman–Crippen MR) is 130 cm³/mol. The molecule has 1 spiro atoms. The summed E-state index contributed by atoms with van der Waals surface area (Å²) in [4.78, 5) is 13.1. The molecule has 3 aromatic rings. The minimum Gasteiger partial charge on any atom is -0.507 e. The van der Waals surface area contributed by atoms with Crippen LogP contribution in [0.1, 0.15) is 68.4 Å². The summed E-state index contributed by atoms with van der Waals surface area (Å²) < 4.78 is 11.3. The number of benzene rings is 3. The smallest absolute Gasteiger partial charge is 0.204 e. The van der Waals surface area contributed by atoms with Crippen molar-refractivity contribution in [1.82, 2.24) is 0 Å². The molecule has 33 heavy (non-hydrogen) atoms. The van der Waals surface area contributed by atoms with Crippen LogP contribution in [0.4, 0.5) is 0 Å². The van der Waals surface area contributed by atoms with Crippen LogP contribution >= 0.6 is 0 Å². The number of Topliss-reactive ketones (excluding diaryl/α,β-unsaturated/α-hetero) is 1. The Balaban J connectivity index is 1.79. The Hall–Kier alpha value is -3.01.